The average Bonchev–Trinajstić information content (AvgIpc) is 3.44. The number of nitrogens with zero attached hydrogens (tertiary/aromatic N) is 1. The predicted molar refractivity (Wildman–Crippen MR) is 106 cm³/mol. The molecule has 3 N–H and O–H groups in total. The number of carbonyl (C=O) groups excluding carboxylic acids is 2. The molecule has 152 valence electrons. The van der Waals surface area contributed by atoms with Crippen LogP contribution in [-0.4, -0.2) is 55.2 Å². The summed E-state index contributed by atoms with van der Waals surface area (Å²) in [5.41, 5.74) is 8.28. The highest BCUT2D eigenvalue weighted by molar-refractivity contribution is 5.92. The minimum absolute atomic E-state index is 0.276. The first-order valence-corrected chi connectivity index (χ1v) is 9.81. The third-order valence-corrected chi connectivity index (χ3v) is 5.13. The molecule has 7 heteroatoms. The van der Waals surface area contributed by atoms with Gasteiger partial charge in [0.15, 0.2) is 5.54 Å². The van der Waals surface area contributed by atoms with Gasteiger partial charge < -0.3 is 20.5 Å². The van der Waals surface area contributed by atoms with Crippen LogP contribution < -0.4 is 11.1 Å². The molecule has 1 unspecified atom stereocenters. The van der Waals surface area contributed by atoms with E-state index in [9.17, 15) is 9.59 Å². The molecular weight excluding hydrogens is 358 g/mol. The highest BCUT2D eigenvalue weighted by Gasteiger charge is 2.38. The van der Waals surface area contributed by atoms with Crippen LogP contribution in [0.25, 0.3) is 5.70 Å². The summed E-state index contributed by atoms with van der Waals surface area (Å²) < 4.78 is 10.2. The number of nitrogens with one attached hydrogen (secondary N) is 1. The van der Waals surface area contributed by atoms with Gasteiger partial charge in [-0.25, -0.2) is 9.59 Å². The number of nitrogens with two attached hydrogens (primary N) is 1. The van der Waals surface area contributed by atoms with Gasteiger partial charge in [0.05, 0.1) is 18.8 Å². The minimum Gasteiger partial charge on any atom is -0.464 e. The molecule has 1 atom stereocenters. The summed E-state index contributed by atoms with van der Waals surface area (Å²) in [7, 11) is 2.08. The van der Waals surface area contributed by atoms with Crippen molar-refractivity contribution in [3.05, 3.63) is 41.0 Å². The molecule has 0 saturated heterocycles. The average molecular weight is 387 g/mol. The summed E-state index contributed by atoms with van der Waals surface area (Å²) in [4.78, 5) is 26.7. The molecular formula is C21H29N3O4. The Kier molecular flexibility index (Phi) is 6.05. The van der Waals surface area contributed by atoms with Gasteiger partial charge in [0.1, 0.15) is 0 Å². The first-order valence-electron chi connectivity index (χ1n) is 9.81. The van der Waals surface area contributed by atoms with Crippen LogP contribution in [-0.2, 0) is 20.8 Å². The van der Waals surface area contributed by atoms with Gasteiger partial charge in [-0.05, 0) is 57.5 Å². The molecule has 1 aliphatic carbocycles. The molecule has 1 heterocycles. The van der Waals surface area contributed by atoms with Gasteiger partial charge in [-0.3, -0.25) is 4.90 Å². The highest BCUT2D eigenvalue weighted by Crippen LogP contribution is 2.30. The lowest BCUT2D eigenvalue weighted by atomic mass is 9.98. The van der Waals surface area contributed by atoms with E-state index in [0.717, 1.165) is 16.8 Å². The van der Waals surface area contributed by atoms with Gasteiger partial charge in [0.2, 0.25) is 0 Å². The van der Waals surface area contributed by atoms with Crippen molar-refractivity contribution in [2.75, 3.05) is 26.8 Å². The molecule has 2 aliphatic rings. The Morgan fingerprint density at radius 2 is 1.96 bits per heavy atom. The molecule has 1 aliphatic heterocycles. The van der Waals surface area contributed by atoms with Gasteiger partial charge in [-0.1, -0.05) is 6.07 Å². The van der Waals surface area contributed by atoms with Crippen LogP contribution in [0, 0.1) is 0 Å². The molecule has 28 heavy (non-hydrogen) atoms. The molecule has 0 amide bonds. The van der Waals surface area contributed by atoms with E-state index in [0.29, 0.717) is 24.8 Å². The van der Waals surface area contributed by atoms with E-state index in [1.807, 2.05) is 12.1 Å². The molecule has 3 rings (SSSR count). The SMILES string of the molecule is CCOC(=O)c1ccc(C2=CC(N)(C(=O)OCC)CN2)c(CN(C)C2CC2)c1. The Labute approximate surface area is 165 Å². The summed E-state index contributed by atoms with van der Waals surface area (Å²) in [5.74, 6) is -0.783. The van der Waals surface area contributed by atoms with Crippen LogP contribution in [0.2, 0.25) is 0 Å². The second kappa shape index (κ2) is 8.32. The fourth-order valence-corrected chi connectivity index (χ4v) is 3.41. The second-order valence-electron chi connectivity index (χ2n) is 7.41. The standard InChI is InChI=1S/C21H29N3O4/c1-4-27-19(25)14-6-9-17(15(10-14)12-24(3)16-7-8-16)18-11-21(22,13-23-18)20(26)28-5-2/h6,9-11,16,23H,4-5,7-8,12-13,22H2,1-3H3. The molecule has 7 nitrogen and oxygen atoms in total. The Morgan fingerprint density at radius 3 is 2.61 bits per heavy atom. The topological polar surface area (TPSA) is 93.9 Å². The smallest absolute Gasteiger partial charge is 0.338 e. The molecule has 1 fully saturated rings. The van der Waals surface area contributed by atoms with Gasteiger partial charge in [-0.15, -0.1) is 0 Å². The lowest BCUT2D eigenvalue weighted by molar-refractivity contribution is -0.147. The van der Waals surface area contributed by atoms with Crippen molar-refractivity contribution in [3.8, 4) is 0 Å². The number of benzene rings is 1. The first-order chi connectivity index (χ1) is 13.4. The van der Waals surface area contributed by atoms with Crippen molar-refractivity contribution in [3.63, 3.8) is 0 Å². The van der Waals surface area contributed by atoms with Crippen LogP contribution in [0.15, 0.2) is 24.3 Å². The number of hydrogen-bond acceptors (Lipinski definition) is 7. The number of carbonyl (C=O) groups is 2. The molecule has 1 aromatic carbocycles. The van der Waals surface area contributed by atoms with E-state index < -0.39 is 11.5 Å². The Balaban J connectivity index is 1.92. The Hall–Kier alpha value is -2.38. The van der Waals surface area contributed by atoms with Crippen molar-refractivity contribution >= 4 is 17.6 Å². The maximum absolute atomic E-state index is 12.2. The molecule has 1 saturated carbocycles. The maximum atomic E-state index is 12.2. The van der Waals surface area contributed by atoms with E-state index in [1.165, 1.54) is 12.8 Å². The van der Waals surface area contributed by atoms with Crippen LogP contribution >= 0.6 is 0 Å². The largest absolute Gasteiger partial charge is 0.464 e. The van der Waals surface area contributed by atoms with Crippen LogP contribution in [0.3, 0.4) is 0 Å². The van der Waals surface area contributed by atoms with Crippen molar-refractivity contribution in [1.29, 1.82) is 0 Å². The summed E-state index contributed by atoms with van der Waals surface area (Å²) in [6, 6.07) is 6.09. The van der Waals surface area contributed by atoms with Crippen molar-refractivity contribution < 1.29 is 19.1 Å². The maximum Gasteiger partial charge on any atom is 0.338 e. The van der Waals surface area contributed by atoms with Gasteiger partial charge in [-0.2, -0.15) is 0 Å². The molecule has 0 aromatic heterocycles. The van der Waals surface area contributed by atoms with Crippen LogP contribution in [0.5, 0.6) is 0 Å². The minimum atomic E-state index is -1.19. The van der Waals surface area contributed by atoms with Gasteiger partial charge >= 0.3 is 11.9 Å². The monoisotopic (exact) mass is 387 g/mol. The van der Waals surface area contributed by atoms with Gasteiger partial charge in [0.25, 0.3) is 0 Å². The van der Waals surface area contributed by atoms with E-state index in [-0.39, 0.29) is 19.1 Å². The molecule has 0 spiro atoms. The predicted octanol–water partition coefficient (Wildman–Crippen LogP) is 1.66. The summed E-state index contributed by atoms with van der Waals surface area (Å²) in [5, 5.41) is 3.24. The summed E-state index contributed by atoms with van der Waals surface area (Å²) in [6.07, 6.45) is 4.11. The van der Waals surface area contributed by atoms with Gasteiger partial charge in [0, 0.05) is 30.4 Å². The van der Waals surface area contributed by atoms with E-state index in [2.05, 4.69) is 17.3 Å². The molecule has 1 aromatic rings. The zero-order valence-electron chi connectivity index (χ0n) is 16.8. The number of hydrogen-bond donors (Lipinski definition) is 2. The van der Waals surface area contributed by atoms with Crippen LogP contribution in [0.4, 0.5) is 0 Å². The van der Waals surface area contributed by atoms with E-state index >= 15 is 0 Å². The quantitative estimate of drug-likeness (QED) is 0.655. The lowest BCUT2D eigenvalue weighted by Crippen LogP contribution is -2.50. The molecule has 0 radical (unpaired) electrons. The Morgan fingerprint density at radius 1 is 1.25 bits per heavy atom. The third kappa shape index (κ3) is 4.36. The fourth-order valence-electron chi connectivity index (χ4n) is 3.41. The Bertz CT molecular complexity index is 788. The normalized spacial score (nSPS) is 21.2. The van der Waals surface area contributed by atoms with Crippen molar-refractivity contribution in [2.24, 2.45) is 5.73 Å². The lowest BCUT2D eigenvalue weighted by Gasteiger charge is -2.19. The number of rotatable bonds is 8. The number of esters is 2. The fraction of sp³-hybridized carbons (Fsp3) is 0.524. The summed E-state index contributed by atoms with van der Waals surface area (Å²) in [6.45, 7) is 5.14. The van der Waals surface area contributed by atoms with Crippen molar-refractivity contribution in [1.82, 2.24) is 10.2 Å². The summed E-state index contributed by atoms with van der Waals surface area (Å²) >= 11 is 0. The highest BCUT2D eigenvalue weighted by atomic mass is 16.5. The zero-order chi connectivity index (χ0) is 20.3. The van der Waals surface area contributed by atoms with Crippen molar-refractivity contribution in [2.45, 2.75) is 44.8 Å². The third-order valence-electron chi connectivity index (χ3n) is 5.13. The molecule has 0 bridgehead atoms. The van der Waals surface area contributed by atoms with E-state index in [4.69, 9.17) is 15.2 Å². The first kappa shape index (κ1) is 20.4. The zero-order valence-corrected chi connectivity index (χ0v) is 16.8. The number of ether oxygens (including phenoxy) is 2. The second-order valence-corrected chi connectivity index (χ2v) is 7.41. The van der Waals surface area contributed by atoms with Crippen LogP contribution in [0.1, 0.15) is 48.2 Å². The van der Waals surface area contributed by atoms with E-state index in [1.54, 1.807) is 26.0 Å².